The highest BCUT2D eigenvalue weighted by Gasteiger charge is 2.53. The summed E-state index contributed by atoms with van der Waals surface area (Å²) >= 11 is 6.37. The highest BCUT2D eigenvalue weighted by atomic mass is 35.5. The zero-order valence-electron chi connectivity index (χ0n) is 21.9. The number of methoxy groups -OCH3 is 1. The Hall–Kier alpha value is -0.693. The summed E-state index contributed by atoms with van der Waals surface area (Å²) in [4.78, 5) is 24.4. The third kappa shape index (κ3) is 10.6. The van der Waals surface area contributed by atoms with Crippen molar-refractivity contribution in [1.29, 1.82) is 0 Å². The molecule has 0 aromatic carbocycles. The second-order valence-electron chi connectivity index (χ2n) is 11.2. The van der Waals surface area contributed by atoms with Crippen LogP contribution in [0.25, 0.3) is 0 Å². The Bertz CT molecular complexity index is 658. The summed E-state index contributed by atoms with van der Waals surface area (Å²) in [6.45, 7) is 13.1. The molecule has 0 heterocycles. The Morgan fingerprint density at radius 2 is 1.76 bits per heavy atom. The molecule has 0 saturated carbocycles. The van der Waals surface area contributed by atoms with Crippen LogP contribution in [0.3, 0.4) is 0 Å². The average Bonchev–Trinajstić information content (AvgIpc) is 2.93. The first-order chi connectivity index (χ1) is 15.3. The van der Waals surface area contributed by atoms with Crippen LogP contribution < -0.4 is 0 Å². The van der Waals surface area contributed by atoms with Crippen LogP contribution in [0.5, 0.6) is 0 Å². The molecule has 192 valence electrons. The molecule has 0 fully saturated rings. The van der Waals surface area contributed by atoms with Gasteiger partial charge in [-0.3, -0.25) is 9.59 Å². The van der Waals surface area contributed by atoms with Crippen LogP contribution in [0.15, 0.2) is 11.1 Å². The number of aliphatic hydroxyl groups is 1. The number of aliphatic hydroxyl groups excluding tert-OH is 1. The summed E-state index contributed by atoms with van der Waals surface area (Å²) in [5.41, 5.74) is -0.837. The Balaban J connectivity index is 2.88. The van der Waals surface area contributed by atoms with Gasteiger partial charge in [0.25, 0.3) is 0 Å². The molecule has 7 heteroatoms. The lowest BCUT2D eigenvalue weighted by atomic mass is 9.78. The summed E-state index contributed by atoms with van der Waals surface area (Å²) in [5.74, 6) is 0.136. The molecule has 0 aliphatic heterocycles. The number of Topliss-reactive ketones (excluding diaryl/α,β-unsaturated/α-hetero) is 1. The van der Waals surface area contributed by atoms with E-state index in [1.54, 1.807) is 6.08 Å². The van der Waals surface area contributed by atoms with E-state index in [9.17, 15) is 14.7 Å². The Morgan fingerprint density at radius 3 is 2.33 bits per heavy atom. The van der Waals surface area contributed by atoms with Gasteiger partial charge < -0.3 is 14.3 Å². The normalized spacial score (nSPS) is 23.0. The SMILES string of the molecule is COC(=O)CCCCCC(O)C1C(=O)C(Cl)=CC1(CCC(C)CCCC(C)C)O[Si](C)(C)C. The lowest BCUT2D eigenvalue weighted by Gasteiger charge is -2.41. The number of carbonyl (C=O) groups is 2. The van der Waals surface area contributed by atoms with Gasteiger partial charge in [0.05, 0.1) is 29.8 Å². The monoisotopic (exact) mass is 502 g/mol. The first-order valence-corrected chi connectivity index (χ1v) is 16.5. The van der Waals surface area contributed by atoms with E-state index >= 15 is 0 Å². The third-order valence-electron chi connectivity index (χ3n) is 6.41. The summed E-state index contributed by atoms with van der Waals surface area (Å²) in [6, 6.07) is 0. The van der Waals surface area contributed by atoms with Gasteiger partial charge in [-0.05, 0) is 63.2 Å². The average molecular weight is 503 g/mol. The van der Waals surface area contributed by atoms with Crippen LogP contribution in [0.1, 0.15) is 85.0 Å². The van der Waals surface area contributed by atoms with Gasteiger partial charge in [0, 0.05) is 6.42 Å². The van der Waals surface area contributed by atoms with Crippen molar-refractivity contribution in [3.05, 3.63) is 11.1 Å². The molecular formula is C26H47ClO5Si. The van der Waals surface area contributed by atoms with Gasteiger partial charge in [0.1, 0.15) is 0 Å². The number of allylic oxidation sites excluding steroid dienone is 1. The van der Waals surface area contributed by atoms with Crippen LogP contribution >= 0.6 is 11.6 Å². The second kappa shape index (κ2) is 14.0. The second-order valence-corrected chi connectivity index (χ2v) is 16.1. The first kappa shape index (κ1) is 30.3. The maximum atomic E-state index is 13.1. The van der Waals surface area contributed by atoms with E-state index in [-0.39, 0.29) is 16.8 Å². The number of carbonyl (C=O) groups excluding carboxylic acids is 2. The Labute approximate surface area is 207 Å². The van der Waals surface area contributed by atoms with E-state index in [1.165, 1.54) is 20.0 Å². The molecule has 1 aliphatic rings. The largest absolute Gasteiger partial charge is 0.469 e. The zero-order chi connectivity index (χ0) is 25.2. The van der Waals surface area contributed by atoms with Crippen molar-refractivity contribution in [2.24, 2.45) is 17.8 Å². The topological polar surface area (TPSA) is 72.8 Å². The molecule has 0 amide bonds. The van der Waals surface area contributed by atoms with Crippen LogP contribution in [0.4, 0.5) is 0 Å². The van der Waals surface area contributed by atoms with Gasteiger partial charge in [0.15, 0.2) is 14.1 Å². The molecule has 0 spiro atoms. The molecule has 0 radical (unpaired) electrons. The number of unbranched alkanes of at least 4 members (excludes halogenated alkanes) is 2. The predicted molar refractivity (Wildman–Crippen MR) is 138 cm³/mol. The van der Waals surface area contributed by atoms with Crippen LogP contribution in [0, 0.1) is 17.8 Å². The summed E-state index contributed by atoms with van der Waals surface area (Å²) in [7, 11) is -0.646. The minimum Gasteiger partial charge on any atom is -0.469 e. The highest BCUT2D eigenvalue weighted by molar-refractivity contribution is 6.70. The predicted octanol–water partition coefficient (Wildman–Crippen LogP) is 6.63. The van der Waals surface area contributed by atoms with Crippen molar-refractivity contribution >= 4 is 31.7 Å². The van der Waals surface area contributed by atoms with Gasteiger partial charge in [-0.25, -0.2) is 0 Å². The molecule has 0 aromatic rings. The molecule has 1 aliphatic carbocycles. The fourth-order valence-corrected chi connectivity index (χ4v) is 6.48. The summed E-state index contributed by atoms with van der Waals surface area (Å²) < 4.78 is 11.3. The van der Waals surface area contributed by atoms with E-state index in [2.05, 4.69) is 45.1 Å². The molecule has 33 heavy (non-hydrogen) atoms. The van der Waals surface area contributed by atoms with Gasteiger partial charge in [-0.2, -0.15) is 0 Å². The Morgan fingerprint density at radius 1 is 1.09 bits per heavy atom. The molecule has 4 unspecified atom stereocenters. The summed E-state index contributed by atoms with van der Waals surface area (Å²) in [5, 5.41) is 11.3. The Kier molecular flexibility index (Phi) is 12.9. The first-order valence-electron chi connectivity index (χ1n) is 12.7. The lowest BCUT2D eigenvalue weighted by molar-refractivity contribution is -0.140. The smallest absolute Gasteiger partial charge is 0.305 e. The zero-order valence-corrected chi connectivity index (χ0v) is 23.7. The number of ether oxygens (including phenoxy) is 1. The molecule has 0 bridgehead atoms. The minimum atomic E-state index is -2.03. The highest BCUT2D eigenvalue weighted by Crippen LogP contribution is 2.45. The number of halogens is 1. The third-order valence-corrected chi connectivity index (χ3v) is 7.70. The fraction of sp³-hybridized carbons (Fsp3) is 0.846. The number of ketones is 1. The quantitative estimate of drug-likeness (QED) is 0.146. The van der Waals surface area contributed by atoms with Crippen LogP contribution in [0.2, 0.25) is 19.6 Å². The standard InChI is InChI=1S/C26H47ClO5Si/c1-19(2)12-11-13-20(3)16-17-26(32-33(5,6)7)18-21(27)25(30)24(26)22(28)14-9-8-10-15-23(29)31-4/h18-20,22,24,28H,8-17H2,1-7H3. The number of hydrogen-bond donors (Lipinski definition) is 1. The molecule has 5 nitrogen and oxygen atoms in total. The number of esters is 1. The van der Waals surface area contributed by atoms with Crippen molar-refractivity contribution in [2.75, 3.05) is 7.11 Å². The van der Waals surface area contributed by atoms with Crippen LogP contribution in [-0.4, -0.2) is 44.0 Å². The number of hydrogen-bond acceptors (Lipinski definition) is 5. The van der Waals surface area contributed by atoms with Crippen molar-refractivity contribution in [1.82, 2.24) is 0 Å². The van der Waals surface area contributed by atoms with E-state index in [0.29, 0.717) is 37.5 Å². The van der Waals surface area contributed by atoms with Crippen molar-refractivity contribution in [3.8, 4) is 0 Å². The maximum absolute atomic E-state index is 13.1. The van der Waals surface area contributed by atoms with E-state index < -0.39 is 25.9 Å². The van der Waals surface area contributed by atoms with Gasteiger partial charge in [0.2, 0.25) is 0 Å². The molecule has 0 aromatic heterocycles. The molecule has 0 saturated heterocycles. The van der Waals surface area contributed by atoms with Gasteiger partial charge >= 0.3 is 5.97 Å². The number of rotatable bonds is 16. The maximum Gasteiger partial charge on any atom is 0.305 e. The van der Waals surface area contributed by atoms with Crippen molar-refractivity contribution in [3.63, 3.8) is 0 Å². The minimum absolute atomic E-state index is 0.190. The van der Waals surface area contributed by atoms with Crippen molar-refractivity contribution < 1.29 is 23.9 Å². The van der Waals surface area contributed by atoms with Crippen molar-refractivity contribution in [2.45, 2.75) is 116 Å². The lowest BCUT2D eigenvalue weighted by Crippen LogP contribution is -2.51. The van der Waals surface area contributed by atoms with Crippen LogP contribution in [-0.2, 0) is 18.8 Å². The fourth-order valence-electron chi connectivity index (χ4n) is 4.75. The van der Waals surface area contributed by atoms with Gasteiger partial charge in [-0.15, -0.1) is 0 Å². The van der Waals surface area contributed by atoms with E-state index in [0.717, 1.165) is 25.7 Å². The molecule has 1 rings (SSSR count). The summed E-state index contributed by atoms with van der Waals surface area (Å²) in [6.07, 6.45) is 9.26. The van der Waals surface area contributed by atoms with E-state index in [4.69, 9.17) is 16.0 Å². The molecule has 4 atom stereocenters. The van der Waals surface area contributed by atoms with Gasteiger partial charge in [-0.1, -0.05) is 64.5 Å². The molecular weight excluding hydrogens is 456 g/mol. The molecule has 1 N–H and O–H groups in total. The van der Waals surface area contributed by atoms with E-state index in [1.807, 2.05) is 0 Å².